The summed E-state index contributed by atoms with van der Waals surface area (Å²) in [6.45, 7) is 1.82. The lowest BCUT2D eigenvalue weighted by Gasteiger charge is -2.31. The highest BCUT2D eigenvalue weighted by Gasteiger charge is 2.38. The molecule has 0 radical (unpaired) electrons. The van der Waals surface area contributed by atoms with Crippen LogP contribution in [0, 0.1) is 5.92 Å². The zero-order valence-corrected chi connectivity index (χ0v) is 18.5. The largest absolute Gasteiger partial charge is 0.468 e. The lowest BCUT2D eigenvalue weighted by molar-refractivity contribution is -0.160. The second-order valence-corrected chi connectivity index (χ2v) is 7.68. The van der Waals surface area contributed by atoms with Gasteiger partial charge in [0.2, 0.25) is 0 Å². The summed E-state index contributed by atoms with van der Waals surface area (Å²) in [7, 11) is 2.60. The summed E-state index contributed by atoms with van der Waals surface area (Å²) < 4.78 is 10.00. The number of hydrogen-bond donors (Lipinski definition) is 0. The Morgan fingerprint density at radius 3 is 1.50 bits per heavy atom. The van der Waals surface area contributed by atoms with Gasteiger partial charge in [0.15, 0.2) is 5.92 Å². The van der Waals surface area contributed by atoms with Crippen molar-refractivity contribution in [1.29, 1.82) is 0 Å². The van der Waals surface area contributed by atoms with E-state index in [1.165, 1.54) is 14.2 Å². The number of ether oxygens (including phenoxy) is 2. The van der Waals surface area contributed by atoms with Crippen LogP contribution in [0.15, 0.2) is 91.0 Å². The summed E-state index contributed by atoms with van der Waals surface area (Å²) in [6.07, 6.45) is 0. The van der Waals surface area contributed by atoms with Crippen LogP contribution in [-0.4, -0.2) is 37.6 Å². The molecule has 5 heteroatoms. The van der Waals surface area contributed by atoms with Crippen molar-refractivity contribution >= 4 is 11.9 Å². The van der Waals surface area contributed by atoms with Crippen molar-refractivity contribution < 1.29 is 19.1 Å². The standard InChI is InChI=1S/C27H29NO4/c1-31-26(29)25(27(30)32-2)24(23-16-10-5-11-17-23)20-28(18-21-12-6-3-7-13-21)19-22-14-8-4-9-15-22/h3-17,24-25H,18-20H2,1-2H3/t24-/m1/s1. The number of benzene rings is 3. The van der Waals surface area contributed by atoms with Gasteiger partial charge in [-0.1, -0.05) is 91.0 Å². The van der Waals surface area contributed by atoms with Gasteiger partial charge in [0.05, 0.1) is 14.2 Å². The molecule has 0 amide bonds. The van der Waals surface area contributed by atoms with Crippen molar-refractivity contribution in [3.8, 4) is 0 Å². The van der Waals surface area contributed by atoms with Gasteiger partial charge < -0.3 is 9.47 Å². The topological polar surface area (TPSA) is 55.8 Å². The van der Waals surface area contributed by atoms with Gasteiger partial charge in [-0.3, -0.25) is 14.5 Å². The van der Waals surface area contributed by atoms with Gasteiger partial charge >= 0.3 is 11.9 Å². The van der Waals surface area contributed by atoms with Crippen LogP contribution in [0.25, 0.3) is 0 Å². The average Bonchev–Trinajstić information content (AvgIpc) is 2.85. The molecule has 0 aliphatic heterocycles. The van der Waals surface area contributed by atoms with Crippen LogP contribution in [0.5, 0.6) is 0 Å². The molecule has 3 aromatic carbocycles. The van der Waals surface area contributed by atoms with Gasteiger partial charge in [0, 0.05) is 25.6 Å². The Hall–Kier alpha value is -3.44. The van der Waals surface area contributed by atoms with Crippen LogP contribution in [0.4, 0.5) is 0 Å². The Bertz CT molecular complexity index is 919. The lowest BCUT2D eigenvalue weighted by Crippen LogP contribution is -2.38. The normalized spacial score (nSPS) is 11.9. The van der Waals surface area contributed by atoms with Gasteiger partial charge in [-0.2, -0.15) is 0 Å². The van der Waals surface area contributed by atoms with Gasteiger partial charge in [-0.05, 0) is 16.7 Å². The number of hydrogen-bond acceptors (Lipinski definition) is 5. The first-order valence-electron chi connectivity index (χ1n) is 10.6. The molecule has 0 saturated heterocycles. The van der Waals surface area contributed by atoms with E-state index in [4.69, 9.17) is 9.47 Å². The molecular formula is C27H29NO4. The maximum absolute atomic E-state index is 12.7. The highest BCUT2D eigenvalue weighted by Crippen LogP contribution is 2.29. The van der Waals surface area contributed by atoms with E-state index >= 15 is 0 Å². The smallest absolute Gasteiger partial charge is 0.320 e. The SMILES string of the molecule is COC(=O)C(C(=O)OC)[C@H](CN(Cc1ccccc1)Cc1ccccc1)c1ccccc1. The fourth-order valence-electron chi connectivity index (χ4n) is 3.93. The van der Waals surface area contributed by atoms with E-state index in [2.05, 4.69) is 29.2 Å². The molecule has 166 valence electrons. The lowest BCUT2D eigenvalue weighted by atomic mass is 9.85. The molecule has 0 aliphatic rings. The first kappa shape index (κ1) is 23.2. The van der Waals surface area contributed by atoms with Crippen molar-refractivity contribution in [2.45, 2.75) is 19.0 Å². The van der Waals surface area contributed by atoms with Gasteiger partial charge in [0.1, 0.15) is 0 Å². The van der Waals surface area contributed by atoms with Gasteiger partial charge in [0.25, 0.3) is 0 Å². The Kier molecular flexibility index (Phi) is 8.58. The number of rotatable bonds is 10. The van der Waals surface area contributed by atoms with Gasteiger partial charge in [-0.15, -0.1) is 0 Å². The van der Waals surface area contributed by atoms with Crippen LogP contribution < -0.4 is 0 Å². The van der Waals surface area contributed by atoms with Crippen molar-refractivity contribution in [1.82, 2.24) is 4.90 Å². The molecule has 3 rings (SSSR count). The third-order valence-corrected chi connectivity index (χ3v) is 5.49. The van der Waals surface area contributed by atoms with Crippen molar-refractivity contribution in [2.75, 3.05) is 20.8 Å². The second kappa shape index (κ2) is 11.8. The van der Waals surface area contributed by atoms with Crippen LogP contribution in [0.2, 0.25) is 0 Å². The fourth-order valence-corrected chi connectivity index (χ4v) is 3.93. The quantitative estimate of drug-likeness (QED) is 0.351. The summed E-state index contributed by atoms with van der Waals surface area (Å²) in [4.78, 5) is 27.6. The fraction of sp³-hybridized carbons (Fsp3) is 0.259. The summed E-state index contributed by atoms with van der Waals surface area (Å²) in [5.74, 6) is -2.67. The minimum absolute atomic E-state index is 0.427. The number of carbonyl (C=O) groups excluding carboxylic acids is 2. The van der Waals surface area contributed by atoms with Crippen molar-refractivity contribution in [3.05, 3.63) is 108 Å². The van der Waals surface area contributed by atoms with Crippen molar-refractivity contribution in [3.63, 3.8) is 0 Å². The molecule has 0 heterocycles. The monoisotopic (exact) mass is 431 g/mol. The van der Waals surface area contributed by atoms with E-state index in [0.717, 1.165) is 16.7 Å². The predicted molar refractivity (Wildman–Crippen MR) is 124 cm³/mol. The highest BCUT2D eigenvalue weighted by molar-refractivity contribution is 5.96. The minimum atomic E-state index is -1.05. The third kappa shape index (κ3) is 6.28. The van der Waals surface area contributed by atoms with Crippen molar-refractivity contribution in [2.24, 2.45) is 5.92 Å². The molecule has 0 saturated carbocycles. The minimum Gasteiger partial charge on any atom is -0.468 e. The van der Waals surface area contributed by atoms with Crippen LogP contribution in [-0.2, 0) is 32.2 Å². The molecule has 0 unspecified atom stereocenters. The zero-order chi connectivity index (χ0) is 22.8. The Labute approximate surface area is 189 Å². The zero-order valence-electron chi connectivity index (χ0n) is 18.5. The molecular weight excluding hydrogens is 402 g/mol. The van der Waals surface area contributed by atoms with E-state index < -0.39 is 23.8 Å². The van der Waals surface area contributed by atoms with E-state index in [1.54, 1.807) is 0 Å². The number of nitrogens with zero attached hydrogens (tertiary/aromatic N) is 1. The summed E-state index contributed by atoms with van der Waals surface area (Å²) in [6, 6.07) is 29.9. The summed E-state index contributed by atoms with van der Waals surface area (Å²) >= 11 is 0. The molecule has 0 aliphatic carbocycles. The maximum atomic E-state index is 12.7. The first-order chi connectivity index (χ1) is 15.6. The average molecular weight is 432 g/mol. The summed E-state index contributed by atoms with van der Waals surface area (Å²) in [5.41, 5.74) is 3.20. The van der Waals surface area contributed by atoms with Crippen LogP contribution in [0.3, 0.4) is 0 Å². The Morgan fingerprint density at radius 2 is 1.09 bits per heavy atom. The van der Waals surface area contributed by atoms with E-state index in [-0.39, 0.29) is 0 Å². The predicted octanol–water partition coefficient (Wildman–Crippen LogP) is 4.43. The number of esters is 2. The second-order valence-electron chi connectivity index (χ2n) is 7.68. The maximum Gasteiger partial charge on any atom is 0.320 e. The molecule has 3 aromatic rings. The van der Waals surface area contributed by atoms with Crippen LogP contribution >= 0.6 is 0 Å². The molecule has 0 spiro atoms. The Morgan fingerprint density at radius 1 is 0.688 bits per heavy atom. The van der Waals surface area contributed by atoms with E-state index in [9.17, 15) is 9.59 Å². The molecule has 0 bridgehead atoms. The summed E-state index contributed by atoms with van der Waals surface area (Å²) in [5, 5.41) is 0. The van der Waals surface area contributed by atoms with Crippen LogP contribution in [0.1, 0.15) is 22.6 Å². The third-order valence-electron chi connectivity index (χ3n) is 5.49. The number of carbonyl (C=O) groups is 2. The highest BCUT2D eigenvalue weighted by atomic mass is 16.5. The molecule has 0 N–H and O–H groups in total. The molecule has 1 atom stereocenters. The Balaban J connectivity index is 1.97. The molecule has 0 aromatic heterocycles. The molecule has 0 fully saturated rings. The molecule has 32 heavy (non-hydrogen) atoms. The van der Waals surface area contributed by atoms with E-state index in [1.807, 2.05) is 66.7 Å². The first-order valence-corrected chi connectivity index (χ1v) is 10.6. The molecule has 5 nitrogen and oxygen atoms in total. The van der Waals surface area contributed by atoms with E-state index in [0.29, 0.717) is 19.6 Å². The van der Waals surface area contributed by atoms with Gasteiger partial charge in [-0.25, -0.2) is 0 Å². The number of methoxy groups -OCH3 is 2.